The predicted molar refractivity (Wildman–Crippen MR) is 56.0 cm³/mol. The molecule has 3 nitrogen and oxygen atoms in total. The molecule has 2 aliphatic heterocycles. The molecule has 0 aromatic rings. The highest BCUT2D eigenvalue weighted by atomic mass is 16.2. The molecule has 2 rings (SSSR count). The van der Waals surface area contributed by atoms with Crippen molar-refractivity contribution in [3.05, 3.63) is 0 Å². The van der Waals surface area contributed by atoms with Crippen LogP contribution >= 0.6 is 0 Å². The molecular formula is C11H20N2O. The first-order chi connectivity index (χ1) is 6.75. The number of rotatable bonds is 2. The molecule has 2 aliphatic rings. The van der Waals surface area contributed by atoms with Gasteiger partial charge in [0.05, 0.1) is 0 Å². The molecule has 2 fully saturated rings. The number of hydrogen-bond acceptors (Lipinski definition) is 2. The van der Waals surface area contributed by atoms with Crippen LogP contribution in [-0.4, -0.2) is 37.0 Å². The fourth-order valence-corrected chi connectivity index (χ4v) is 2.43. The van der Waals surface area contributed by atoms with E-state index >= 15 is 0 Å². The molecule has 1 amide bonds. The lowest BCUT2D eigenvalue weighted by Gasteiger charge is -2.17. The highest BCUT2D eigenvalue weighted by Crippen LogP contribution is 2.19. The van der Waals surface area contributed by atoms with Gasteiger partial charge in [0.2, 0.25) is 5.91 Å². The third-order valence-electron chi connectivity index (χ3n) is 3.40. The first-order valence-corrected chi connectivity index (χ1v) is 5.74. The van der Waals surface area contributed by atoms with Crippen LogP contribution in [-0.2, 0) is 4.79 Å². The van der Waals surface area contributed by atoms with Crippen LogP contribution in [0.4, 0.5) is 0 Å². The van der Waals surface area contributed by atoms with E-state index in [2.05, 4.69) is 12.2 Å². The Labute approximate surface area is 85.8 Å². The van der Waals surface area contributed by atoms with Gasteiger partial charge in [0, 0.05) is 19.5 Å². The molecule has 0 bridgehead atoms. The van der Waals surface area contributed by atoms with Crippen molar-refractivity contribution in [1.82, 2.24) is 10.2 Å². The largest absolute Gasteiger partial charge is 0.342 e. The van der Waals surface area contributed by atoms with E-state index < -0.39 is 0 Å². The van der Waals surface area contributed by atoms with E-state index in [1.54, 1.807) is 0 Å². The van der Waals surface area contributed by atoms with Gasteiger partial charge in [0.1, 0.15) is 0 Å². The summed E-state index contributed by atoms with van der Waals surface area (Å²) < 4.78 is 0. The Morgan fingerprint density at radius 1 is 1.50 bits per heavy atom. The Kier molecular flexibility index (Phi) is 3.06. The quantitative estimate of drug-likeness (QED) is 0.710. The molecule has 2 atom stereocenters. The van der Waals surface area contributed by atoms with Gasteiger partial charge in [-0.3, -0.25) is 4.79 Å². The van der Waals surface area contributed by atoms with Crippen LogP contribution in [0, 0.1) is 11.8 Å². The van der Waals surface area contributed by atoms with Crippen LogP contribution < -0.4 is 5.32 Å². The van der Waals surface area contributed by atoms with Gasteiger partial charge < -0.3 is 10.2 Å². The number of hydrogen-bond donors (Lipinski definition) is 1. The first kappa shape index (κ1) is 9.97. The number of nitrogens with zero attached hydrogens (tertiary/aromatic N) is 1. The maximum absolute atomic E-state index is 11.8. The summed E-state index contributed by atoms with van der Waals surface area (Å²) >= 11 is 0. The van der Waals surface area contributed by atoms with E-state index in [0.29, 0.717) is 17.7 Å². The summed E-state index contributed by atoms with van der Waals surface area (Å²) in [5, 5.41) is 3.31. The summed E-state index contributed by atoms with van der Waals surface area (Å²) in [5.74, 6) is 1.68. The average Bonchev–Trinajstić information content (AvgIpc) is 2.75. The topological polar surface area (TPSA) is 32.3 Å². The van der Waals surface area contributed by atoms with Gasteiger partial charge in [0.25, 0.3) is 0 Å². The van der Waals surface area contributed by atoms with E-state index in [0.717, 1.165) is 32.6 Å². The molecule has 3 heteroatoms. The van der Waals surface area contributed by atoms with E-state index in [-0.39, 0.29) is 0 Å². The number of likely N-dealkylation sites (tertiary alicyclic amines) is 1. The second kappa shape index (κ2) is 4.30. The number of nitrogens with one attached hydrogen (secondary N) is 1. The van der Waals surface area contributed by atoms with Crippen molar-refractivity contribution in [2.45, 2.75) is 26.2 Å². The highest BCUT2D eigenvalue weighted by molar-refractivity contribution is 5.76. The molecule has 80 valence electrons. The van der Waals surface area contributed by atoms with Gasteiger partial charge in [-0.1, -0.05) is 6.92 Å². The van der Waals surface area contributed by atoms with Gasteiger partial charge in [-0.2, -0.15) is 0 Å². The Morgan fingerprint density at radius 2 is 2.36 bits per heavy atom. The zero-order valence-corrected chi connectivity index (χ0v) is 8.96. The van der Waals surface area contributed by atoms with E-state index in [4.69, 9.17) is 0 Å². The lowest BCUT2D eigenvalue weighted by Crippen LogP contribution is -2.30. The standard InChI is InChI=1S/C11H20N2O/c1-9-3-5-13(8-9)11(14)6-10-2-4-12-7-10/h9-10,12H,2-8H2,1H3. The second-order valence-electron chi connectivity index (χ2n) is 4.80. The zero-order chi connectivity index (χ0) is 9.97. The molecule has 0 spiro atoms. The van der Waals surface area contributed by atoms with Crippen molar-refractivity contribution >= 4 is 5.91 Å². The Morgan fingerprint density at radius 3 is 2.93 bits per heavy atom. The monoisotopic (exact) mass is 196 g/mol. The Hall–Kier alpha value is -0.570. The molecule has 2 heterocycles. The molecule has 1 N–H and O–H groups in total. The summed E-state index contributed by atoms with van der Waals surface area (Å²) in [7, 11) is 0. The van der Waals surface area contributed by atoms with Crippen molar-refractivity contribution < 1.29 is 4.79 Å². The molecule has 0 aromatic carbocycles. The number of carbonyl (C=O) groups excluding carboxylic acids is 1. The van der Waals surface area contributed by atoms with Crippen molar-refractivity contribution in [1.29, 1.82) is 0 Å². The normalized spacial score (nSPS) is 32.5. The second-order valence-corrected chi connectivity index (χ2v) is 4.80. The predicted octanol–water partition coefficient (Wildman–Crippen LogP) is 0.854. The molecule has 0 saturated carbocycles. The van der Waals surface area contributed by atoms with E-state index in [1.807, 2.05) is 4.90 Å². The van der Waals surface area contributed by atoms with Crippen LogP contribution in [0.3, 0.4) is 0 Å². The minimum atomic E-state index is 0.378. The summed E-state index contributed by atoms with van der Waals surface area (Å²) in [6, 6.07) is 0. The highest BCUT2D eigenvalue weighted by Gasteiger charge is 2.26. The van der Waals surface area contributed by atoms with E-state index in [9.17, 15) is 4.79 Å². The molecule has 2 unspecified atom stereocenters. The third kappa shape index (κ3) is 2.27. The molecule has 0 radical (unpaired) electrons. The third-order valence-corrected chi connectivity index (χ3v) is 3.40. The Bertz CT molecular complexity index is 211. The van der Waals surface area contributed by atoms with Crippen molar-refractivity contribution in [3.8, 4) is 0 Å². The minimum absolute atomic E-state index is 0.378. The Balaban J connectivity index is 1.77. The van der Waals surface area contributed by atoms with Crippen molar-refractivity contribution in [2.75, 3.05) is 26.2 Å². The minimum Gasteiger partial charge on any atom is -0.342 e. The first-order valence-electron chi connectivity index (χ1n) is 5.74. The average molecular weight is 196 g/mol. The van der Waals surface area contributed by atoms with Gasteiger partial charge in [0.15, 0.2) is 0 Å². The van der Waals surface area contributed by atoms with Gasteiger partial charge in [-0.05, 0) is 37.8 Å². The zero-order valence-electron chi connectivity index (χ0n) is 8.96. The van der Waals surface area contributed by atoms with Gasteiger partial charge in [-0.25, -0.2) is 0 Å². The van der Waals surface area contributed by atoms with Crippen LogP contribution in [0.5, 0.6) is 0 Å². The van der Waals surface area contributed by atoms with Crippen molar-refractivity contribution in [3.63, 3.8) is 0 Å². The van der Waals surface area contributed by atoms with Gasteiger partial charge >= 0.3 is 0 Å². The lowest BCUT2D eigenvalue weighted by molar-refractivity contribution is -0.131. The maximum Gasteiger partial charge on any atom is 0.222 e. The van der Waals surface area contributed by atoms with Crippen LogP contribution in [0.25, 0.3) is 0 Å². The number of carbonyl (C=O) groups is 1. The van der Waals surface area contributed by atoms with Crippen LogP contribution in [0.1, 0.15) is 26.2 Å². The van der Waals surface area contributed by atoms with Crippen LogP contribution in [0.15, 0.2) is 0 Å². The molecule has 0 aliphatic carbocycles. The molecule has 0 aromatic heterocycles. The summed E-state index contributed by atoms with van der Waals surface area (Å²) in [6.07, 6.45) is 3.13. The SMILES string of the molecule is CC1CCN(C(=O)CC2CCNC2)C1. The lowest BCUT2D eigenvalue weighted by atomic mass is 10.0. The smallest absolute Gasteiger partial charge is 0.222 e. The fourth-order valence-electron chi connectivity index (χ4n) is 2.43. The van der Waals surface area contributed by atoms with Crippen molar-refractivity contribution in [2.24, 2.45) is 11.8 Å². The molecule has 2 saturated heterocycles. The summed E-state index contributed by atoms with van der Waals surface area (Å²) in [4.78, 5) is 13.9. The number of amides is 1. The summed E-state index contributed by atoms with van der Waals surface area (Å²) in [6.45, 7) is 6.33. The summed E-state index contributed by atoms with van der Waals surface area (Å²) in [5.41, 5.74) is 0. The molecule has 14 heavy (non-hydrogen) atoms. The fraction of sp³-hybridized carbons (Fsp3) is 0.909. The molecular weight excluding hydrogens is 176 g/mol. The van der Waals surface area contributed by atoms with Gasteiger partial charge in [-0.15, -0.1) is 0 Å². The van der Waals surface area contributed by atoms with Crippen LogP contribution in [0.2, 0.25) is 0 Å². The van der Waals surface area contributed by atoms with E-state index in [1.165, 1.54) is 12.8 Å². The maximum atomic E-state index is 11.8.